The van der Waals surface area contributed by atoms with E-state index in [0.29, 0.717) is 23.8 Å². The minimum atomic E-state index is -4.58. The van der Waals surface area contributed by atoms with Gasteiger partial charge in [-0.1, -0.05) is 17.7 Å². The largest absolute Gasteiger partial charge is 0.416 e. The van der Waals surface area contributed by atoms with E-state index in [4.69, 9.17) is 11.6 Å². The summed E-state index contributed by atoms with van der Waals surface area (Å²) in [5.74, 6) is -0.685. The lowest BCUT2D eigenvalue weighted by atomic mass is 9.71. The summed E-state index contributed by atoms with van der Waals surface area (Å²) in [5.41, 5.74) is 2.81. The van der Waals surface area contributed by atoms with Crippen molar-refractivity contribution >= 4 is 23.4 Å². The Hall–Kier alpha value is -3.30. The Balaban J connectivity index is 1.08. The Morgan fingerprint density at radius 2 is 1.74 bits per heavy atom. The highest BCUT2D eigenvalue weighted by atomic mass is 35.5. The van der Waals surface area contributed by atoms with Crippen LogP contribution in [-0.2, 0) is 19.1 Å². The molecule has 1 aliphatic carbocycles. The first kappa shape index (κ1) is 28.8. The number of likely N-dealkylation sites (tertiary alicyclic amines) is 2. The fourth-order valence-corrected chi connectivity index (χ4v) is 6.96. The fourth-order valence-electron chi connectivity index (χ4n) is 6.76. The number of piperidine rings is 2. The zero-order valence-electron chi connectivity index (χ0n) is 23.3. The van der Waals surface area contributed by atoms with Crippen LogP contribution in [0.15, 0.2) is 54.7 Å². The standard InChI is InChI=1S/C32H34ClF3N4O2/c33-27-7-6-23(32(34,35)36)19-26(27)29(41)38-28-8-5-21-3-4-22(18-25(21)28)30(42)40-16-11-31(12-17-40)9-14-39(15-10-31)20-24-2-1-13-37-24/h1-4,6-7,13,18-19,28,37H,5,8-12,14-17,20H2,(H,38,41). The lowest BCUT2D eigenvalue weighted by Gasteiger charge is -2.47. The van der Waals surface area contributed by atoms with Crippen molar-refractivity contribution in [3.05, 3.63) is 93.3 Å². The summed E-state index contributed by atoms with van der Waals surface area (Å²) in [7, 11) is 0. The number of carbonyl (C=O) groups excluding carboxylic acids is 2. The topological polar surface area (TPSA) is 68.4 Å². The van der Waals surface area contributed by atoms with Gasteiger partial charge in [0.25, 0.3) is 11.8 Å². The number of hydrogen-bond acceptors (Lipinski definition) is 3. The van der Waals surface area contributed by atoms with E-state index in [9.17, 15) is 22.8 Å². The lowest BCUT2D eigenvalue weighted by molar-refractivity contribution is -0.137. The van der Waals surface area contributed by atoms with Gasteiger partial charge in [0.1, 0.15) is 0 Å². The van der Waals surface area contributed by atoms with Gasteiger partial charge in [-0.15, -0.1) is 0 Å². The van der Waals surface area contributed by atoms with Crippen LogP contribution in [0.1, 0.15) is 81.2 Å². The van der Waals surface area contributed by atoms with Crippen LogP contribution >= 0.6 is 11.6 Å². The minimum Gasteiger partial charge on any atom is -0.364 e. The maximum absolute atomic E-state index is 13.5. The molecule has 2 aromatic carbocycles. The van der Waals surface area contributed by atoms with Crippen molar-refractivity contribution in [1.29, 1.82) is 0 Å². The first-order valence-corrected chi connectivity index (χ1v) is 14.9. The summed E-state index contributed by atoms with van der Waals surface area (Å²) >= 11 is 6.09. The number of aryl methyl sites for hydroxylation is 1. The van der Waals surface area contributed by atoms with E-state index in [0.717, 1.165) is 87.7 Å². The highest BCUT2D eigenvalue weighted by Crippen LogP contribution is 2.42. The second kappa shape index (κ2) is 11.4. The molecule has 1 atom stereocenters. The van der Waals surface area contributed by atoms with E-state index in [1.165, 1.54) is 5.69 Å². The average Bonchev–Trinajstić information content (AvgIpc) is 3.64. The molecular formula is C32H34ClF3N4O2. The summed E-state index contributed by atoms with van der Waals surface area (Å²) in [5, 5.41) is 2.81. The van der Waals surface area contributed by atoms with Crippen LogP contribution in [-0.4, -0.2) is 52.8 Å². The SMILES string of the molecule is O=C(NC1CCc2ccc(C(=O)N3CCC4(CCN(Cc5ccc[nH]5)CC4)CC3)cc21)c1cc(C(F)(F)F)ccc1Cl. The normalized spacial score (nSPS) is 20.5. The van der Waals surface area contributed by atoms with Gasteiger partial charge in [-0.25, -0.2) is 0 Å². The van der Waals surface area contributed by atoms with Crippen LogP contribution in [0.5, 0.6) is 0 Å². The first-order valence-electron chi connectivity index (χ1n) is 14.5. The van der Waals surface area contributed by atoms with Gasteiger partial charge in [-0.3, -0.25) is 14.5 Å². The number of aromatic amines is 1. The van der Waals surface area contributed by atoms with Gasteiger partial charge in [0.2, 0.25) is 0 Å². The van der Waals surface area contributed by atoms with Crippen LogP contribution in [0, 0.1) is 5.41 Å². The number of halogens is 4. The van der Waals surface area contributed by atoms with Crippen LogP contribution < -0.4 is 5.32 Å². The van der Waals surface area contributed by atoms with E-state index >= 15 is 0 Å². The van der Waals surface area contributed by atoms with Crippen LogP contribution in [0.4, 0.5) is 13.2 Å². The number of H-pyrrole nitrogens is 1. The van der Waals surface area contributed by atoms with Gasteiger partial charge < -0.3 is 15.2 Å². The molecule has 10 heteroatoms. The molecule has 42 heavy (non-hydrogen) atoms. The van der Waals surface area contributed by atoms with Crippen molar-refractivity contribution in [1.82, 2.24) is 20.1 Å². The summed E-state index contributed by atoms with van der Waals surface area (Å²) in [4.78, 5) is 34.2. The van der Waals surface area contributed by atoms with Crippen LogP contribution in [0.2, 0.25) is 5.02 Å². The number of hydrogen-bond donors (Lipinski definition) is 2. The maximum Gasteiger partial charge on any atom is 0.416 e. The predicted molar refractivity (Wildman–Crippen MR) is 154 cm³/mol. The Kier molecular flexibility index (Phi) is 7.83. The first-order chi connectivity index (χ1) is 20.1. The summed E-state index contributed by atoms with van der Waals surface area (Å²) in [6, 6.07) is 12.1. The van der Waals surface area contributed by atoms with Crippen molar-refractivity contribution < 1.29 is 22.8 Å². The Labute approximate surface area is 248 Å². The predicted octanol–water partition coefficient (Wildman–Crippen LogP) is 6.62. The second-order valence-corrected chi connectivity index (χ2v) is 12.3. The maximum atomic E-state index is 13.5. The molecule has 2 N–H and O–H groups in total. The molecule has 2 fully saturated rings. The molecule has 0 bridgehead atoms. The Morgan fingerprint density at radius 3 is 2.43 bits per heavy atom. The monoisotopic (exact) mass is 598 g/mol. The van der Waals surface area contributed by atoms with Gasteiger partial charge >= 0.3 is 6.18 Å². The Bertz CT molecular complexity index is 1450. The van der Waals surface area contributed by atoms with Gasteiger partial charge in [0.15, 0.2) is 0 Å². The number of rotatable bonds is 5. The van der Waals surface area contributed by atoms with Crippen molar-refractivity contribution in [3.8, 4) is 0 Å². The molecule has 6 rings (SSSR count). The van der Waals surface area contributed by atoms with E-state index in [1.54, 1.807) is 0 Å². The molecule has 6 nitrogen and oxygen atoms in total. The third-order valence-electron chi connectivity index (χ3n) is 9.40. The summed E-state index contributed by atoms with van der Waals surface area (Å²) in [6.07, 6.45) is 2.97. The number of alkyl halides is 3. The molecule has 2 saturated heterocycles. The zero-order valence-corrected chi connectivity index (χ0v) is 24.0. The van der Waals surface area contributed by atoms with E-state index in [-0.39, 0.29) is 16.5 Å². The molecule has 3 aliphatic rings. The molecule has 1 spiro atoms. The van der Waals surface area contributed by atoms with Gasteiger partial charge in [0.05, 0.1) is 22.2 Å². The fraction of sp³-hybridized carbons (Fsp3) is 0.438. The zero-order chi connectivity index (χ0) is 29.5. The number of fused-ring (bicyclic) bond motifs is 1. The molecular weight excluding hydrogens is 565 g/mol. The third-order valence-corrected chi connectivity index (χ3v) is 9.73. The highest BCUT2D eigenvalue weighted by molar-refractivity contribution is 6.33. The third kappa shape index (κ3) is 5.95. The molecule has 0 radical (unpaired) electrons. The second-order valence-electron chi connectivity index (χ2n) is 11.9. The molecule has 3 heterocycles. The van der Waals surface area contributed by atoms with Crippen molar-refractivity contribution in [3.63, 3.8) is 0 Å². The number of amides is 2. The lowest BCUT2D eigenvalue weighted by Crippen LogP contribution is -2.48. The Morgan fingerprint density at radius 1 is 1.00 bits per heavy atom. The minimum absolute atomic E-state index is 0.0188. The molecule has 2 aliphatic heterocycles. The number of carbonyl (C=O) groups is 2. The van der Waals surface area contributed by atoms with Gasteiger partial charge in [-0.05, 0) is 111 Å². The quantitative estimate of drug-likeness (QED) is 0.347. The smallest absolute Gasteiger partial charge is 0.364 e. The van der Waals surface area contributed by atoms with E-state index in [1.807, 2.05) is 35.4 Å². The van der Waals surface area contributed by atoms with Crippen molar-refractivity contribution in [2.75, 3.05) is 26.2 Å². The molecule has 3 aromatic rings. The molecule has 222 valence electrons. The van der Waals surface area contributed by atoms with Crippen LogP contribution in [0.25, 0.3) is 0 Å². The molecule has 1 unspecified atom stereocenters. The van der Waals surface area contributed by atoms with Crippen molar-refractivity contribution in [2.24, 2.45) is 5.41 Å². The number of aromatic nitrogens is 1. The molecule has 0 saturated carbocycles. The van der Waals surface area contributed by atoms with E-state index in [2.05, 4.69) is 21.3 Å². The molecule has 1 aromatic heterocycles. The van der Waals surface area contributed by atoms with E-state index < -0.39 is 23.7 Å². The number of nitrogens with zero attached hydrogens (tertiary/aromatic N) is 2. The highest BCUT2D eigenvalue weighted by Gasteiger charge is 2.39. The summed E-state index contributed by atoms with van der Waals surface area (Å²) < 4.78 is 39.6. The van der Waals surface area contributed by atoms with Gasteiger partial charge in [-0.2, -0.15) is 13.2 Å². The van der Waals surface area contributed by atoms with Crippen LogP contribution in [0.3, 0.4) is 0 Å². The summed E-state index contributed by atoms with van der Waals surface area (Å²) in [6.45, 7) is 4.52. The number of benzene rings is 2. The van der Waals surface area contributed by atoms with Gasteiger partial charge in [0, 0.05) is 37.1 Å². The molecule has 2 amide bonds. The number of nitrogens with one attached hydrogen (secondary N) is 2. The van der Waals surface area contributed by atoms with Crippen molar-refractivity contribution in [2.45, 2.75) is 57.3 Å². The average molecular weight is 599 g/mol.